The van der Waals surface area contributed by atoms with E-state index >= 15 is 0 Å². The first-order valence-corrected chi connectivity index (χ1v) is 12.8. The van der Waals surface area contributed by atoms with Gasteiger partial charge in [0.2, 0.25) is 10.0 Å². The zero-order valence-corrected chi connectivity index (χ0v) is 18.6. The lowest BCUT2D eigenvalue weighted by molar-refractivity contribution is -0.140. The zero-order chi connectivity index (χ0) is 22.0. The Morgan fingerprint density at radius 2 is 1.97 bits per heavy atom. The lowest BCUT2D eigenvalue weighted by Crippen LogP contribution is -2.59. The third-order valence-electron chi connectivity index (χ3n) is 6.58. The molecule has 3 aliphatic heterocycles. The van der Waals surface area contributed by atoms with Crippen molar-refractivity contribution in [1.82, 2.24) is 9.62 Å². The average molecular weight is 448 g/mol. The van der Waals surface area contributed by atoms with Gasteiger partial charge in [-0.25, -0.2) is 13.1 Å². The Morgan fingerprint density at radius 1 is 1.19 bits per heavy atom. The smallest absolute Gasteiger partial charge is 0.260 e. The standard InChI is InChI=1S/C22H29N3O5S/c1-31(27,28)24-19-3-2-10-25-20(19)13-29-17-7-5-16(6-8-17)18-9-4-15(12-23)11-21(18)30-14-22(25)26/h4,9,11,16-17,19-20,24H,2-3,5-8,10,13-14H2,1H3/t16?,17?,19-,20?/m0/s1. The van der Waals surface area contributed by atoms with Crippen LogP contribution >= 0.6 is 0 Å². The molecule has 2 fully saturated rings. The molecular formula is C22H29N3O5S. The molecule has 0 spiro atoms. The van der Waals surface area contributed by atoms with Crippen LogP contribution in [0.5, 0.6) is 5.75 Å². The molecule has 31 heavy (non-hydrogen) atoms. The van der Waals surface area contributed by atoms with Crippen LogP contribution in [0, 0.1) is 11.3 Å². The maximum absolute atomic E-state index is 13.1. The maximum atomic E-state index is 13.1. The van der Waals surface area contributed by atoms with Crippen molar-refractivity contribution in [2.24, 2.45) is 0 Å². The third-order valence-corrected chi connectivity index (χ3v) is 7.31. The van der Waals surface area contributed by atoms with Crippen LogP contribution in [0.15, 0.2) is 18.2 Å². The summed E-state index contributed by atoms with van der Waals surface area (Å²) >= 11 is 0. The lowest BCUT2D eigenvalue weighted by Gasteiger charge is -2.41. The molecule has 0 radical (unpaired) electrons. The molecule has 1 aromatic carbocycles. The van der Waals surface area contributed by atoms with Gasteiger partial charge in [0.15, 0.2) is 6.61 Å². The normalized spacial score (nSPS) is 29.4. The summed E-state index contributed by atoms with van der Waals surface area (Å²) in [5.74, 6) is 0.699. The van der Waals surface area contributed by atoms with E-state index in [-0.39, 0.29) is 30.7 Å². The minimum atomic E-state index is -3.41. The van der Waals surface area contributed by atoms with Crippen LogP contribution in [0.4, 0.5) is 0 Å². The number of sulfonamides is 1. The second kappa shape index (κ2) is 9.15. The van der Waals surface area contributed by atoms with Crippen molar-refractivity contribution in [3.05, 3.63) is 29.3 Å². The van der Waals surface area contributed by atoms with Gasteiger partial charge in [-0.15, -0.1) is 0 Å². The number of carbonyl (C=O) groups excluding carboxylic acids is 1. The fourth-order valence-electron chi connectivity index (χ4n) is 5.05. The first kappa shape index (κ1) is 22.1. The number of amides is 1. The second-order valence-corrected chi connectivity index (χ2v) is 10.5. The number of nitriles is 1. The Labute approximate surface area is 183 Å². The maximum Gasteiger partial charge on any atom is 0.260 e. The summed E-state index contributed by atoms with van der Waals surface area (Å²) < 4.78 is 38.7. The number of nitrogens with one attached hydrogen (secondary N) is 1. The number of fused-ring (bicyclic) bond motifs is 5. The number of nitrogens with zero attached hydrogens (tertiary/aromatic N) is 2. The Kier molecular flexibility index (Phi) is 6.51. The molecule has 3 heterocycles. The largest absolute Gasteiger partial charge is 0.483 e. The summed E-state index contributed by atoms with van der Waals surface area (Å²) in [6.07, 6.45) is 6.29. The molecule has 2 bridgehead atoms. The van der Waals surface area contributed by atoms with Crippen LogP contribution in [0.25, 0.3) is 0 Å². The molecule has 1 amide bonds. The molecule has 5 rings (SSSR count). The molecule has 1 aromatic rings. The van der Waals surface area contributed by atoms with E-state index in [1.54, 1.807) is 17.0 Å². The van der Waals surface area contributed by atoms with Gasteiger partial charge in [-0.05, 0) is 62.1 Å². The number of benzene rings is 1. The molecule has 4 aliphatic rings. The minimum Gasteiger partial charge on any atom is -0.483 e. The van der Waals surface area contributed by atoms with Gasteiger partial charge in [-0.3, -0.25) is 4.79 Å². The van der Waals surface area contributed by atoms with Crippen molar-refractivity contribution < 1.29 is 22.7 Å². The number of rotatable bonds is 2. The quantitative estimate of drug-likeness (QED) is 0.742. The highest BCUT2D eigenvalue weighted by Crippen LogP contribution is 2.39. The highest BCUT2D eigenvalue weighted by Gasteiger charge is 2.37. The van der Waals surface area contributed by atoms with Gasteiger partial charge >= 0.3 is 0 Å². The third kappa shape index (κ3) is 5.20. The second-order valence-electron chi connectivity index (χ2n) is 8.75. The average Bonchev–Trinajstić information content (AvgIpc) is 2.76. The van der Waals surface area contributed by atoms with E-state index in [0.29, 0.717) is 43.2 Å². The van der Waals surface area contributed by atoms with Crippen molar-refractivity contribution >= 4 is 15.9 Å². The lowest BCUT2D eigenvalue weighted by atomic mass is 9.82. The van der Waals surface area contributed by atoms with E-state index in [2.05, 4.69) is 10.8 Å². The molecule has 168 valence electrons. The van der Waals surface area contributed by atoms with Crippen LogP contribution in [-0.2, 0) is 19.6 Å². The zero-order valence-electron chi connectivity index (χ0n) is 17.7. The summed E-state index contributed by atoms with van der Waals surface area (Å²) in [5.41, 5.74) is 1.54. The highest BCUT2D eigenvalue weighted by atomic mass is 32.2. The summed E-state index contributed by atoms with van der Waals surface area (Å²) in [4.78, 5) is 14.8. The number of carbonyl (C=O) groups is 1. The molecule has 1 unspecified atom stereocenters. The summed E-state index contributed by atoms with van der Waals surface area (Å²) in [5, 5.41) is 9.29. The Morgan fingerprint density at radius 3 is 2.68 bits per heavy atom. The van der Waals surface area contributed by atoms with Crippen molar-refractivity contribution in [2.75, 3.05) is 26.0 Å². The predicted molar refractivity (Wildman–Crippen MR) is 114 cm³/mol. The van der Waals surface area contributed by atoms with Crippen LogP contribution in [0.1, 0.15) is 55.6 Å². The van der Waals surface area contributed by atoms with Crippen molar-refractivity contribution in [1.29, 1.82) is 5.26 Å². The van der Waals surface area contributed by atoms with Crippen LogP contribution in [0.2, 0.25) is 0 Å². The molecular weight excluding hydrogens is 418 g/mol. The van der Waals surface area contributed by atoms with Gasteiger partial charge in [0.05, 0.1) is 36.6 Å². The van der Waals surface area contributed by atoms with E-state index in [9.17, 15) is 18.5 Å². The first-order chi connectivity index (χ1) is 14.8. The first-order valence-electron chi connectivity index (χ1n) is 10.9. The number of hydrogen-bond acceptors (Lipinski definition) is 6. The van der Waals surface area contributed by atoms with E-state index in [0.717, 1.165) is 37.5 Å². The molecule has 9 heteroatoms. The molecule has 1 aliphatic carbocycles. The van der Waals surface area contributed by atoms with E-state index < -0.39 is 10.0 Å². The molecule has 1 saturated heterocycles. The number of piperidine rings is 1. The van der Waals surface area contributed by atoms with Gasteiger partial charge in [0.1, 0.15) is 5.75 Å². The van der Waals surface area contributed by atoms with Gasteiger partial charge < -0.3 is 14.4 Å². The number of ether oxygens (including phenoxy) is 2. The van der Waals surface area contributed by atoms with Crippen LogP contribution < -0.4 is 9.46 Å². The molecule has 1 N–H and O–H groups in total. The predicted octanol–water partition coefficient (Wildman–Crippen LogP) is 1.90. The Hall–Kier alpha value is -2.15. The van der Waals surface area contributed by atoms with Gasteiger partial charge in [-0.1, -0.05) is 6.07 Å². The van der Waals surface area contributed by atoms with E-state index in [1.807, 2.05) is 6.07 Å². The van der Waals surface area contributed by atoms with Crippen molar-refractivity contribution in [3.63, 3.8) is 0 Å². The van der Waals surface area contributed by atoms with Crippen molar-refractivity contribution in [2.45, 2.75) is 62.6 Å². The Bertz CT molecular complexity index is 966. The van der Waals surface area contributed by atoms with Gasteiger partial charge in [0.25, 0.3) is 5.91 Å². The van der Waals surface area contributed by atoms with Gasteiger partial charge in [-0.2, -0.15) is 5.26 Å². The topological polar surface area (TPSA) is 109 Å². The van der Waals surface area contributed by atoms with Crippen LogP contribution in [0.3, 0.4) is 0 Å². The minimum absolute atomic E-state index is 0.0949. The highest BCUT2D eigenvalue weighted by molar-refractivity contribution is 7.88. The van der Waals surface area contributed by atoms with Gasteiger partial charge in [0, 0.05) is 12.6 Å². The molecule has 1 saturated carbocycles. The fourth-order valence-corrected chi connectivity index (χ4v) is 5.87. The van der Waals surface area contributed by atoms with E-state index in [4.69, 9.17) is 9.47 Å². The summed E-state index contributed by atoms with van der Waals surface area (Å²) in [7, 11) is -3.41. The van der Waals surface area contributed by atoms with Crippen LogP contribution in [-0.4, -0.2) is 63.4 Å². The fraction of sp³-hybridized carbons (Fsp3) is 0.636. The molecule has 2 atom stereocenters. The molecule has 0 aromatic heterocycles. The summed E-state index contributed by atoms with van der Waals surface area (Å²) in [6, 6.07) is 6.84. The molecule has 8 nitrogen and oxygen atoms in total. The Balaban J connectivity index is 1.64. The SMILES string of the molecule is CS(=O)(=O)N[C@H]1CCCN2C(=O)COc3cc(C#N)ccc3C3CCC(CC3)OCC12. The van der Waals surface area contributed by atoms with Crippen molar-refractivity contribution in [3.8, 4) is 11.8 Å². The number of hydrogen-bond donors (Lipinski definition) is 1. The summed E-state index contributed by atoms with van der Waals surface area (Å²) in [6.45, 7) is 0.691. The van der Waals surface area contributed by atoms with E-state index in [1.165, 1.54) is 0 Å². The monoisotopic (exact) mass is 447 g/mol.